The largest absolute Gasteiger partial charge is 0.461 e. The lowest BCUT2D eigenvalue weighted by molar-refractivity contribution is -0.111. The Morgan fingerprint density at radius 1 is 1.48 bits per heavy atom. The summed E-state index contributed by atoms with van der Waals surface area (Å²) < 4.78 is 10.4. The third-order valence-electron chi connectivity index (χ3n) is 2.78. The van der Waals surface area contributed by atoms with Crippen molar-refractivity contribution in [1.29, 1.82) is 0 Å². The third-order valence-corrected chi connectivity index (χ3v) is 2.78. The zero-order valence-electron chi connectivity index (χ0n) is 11.7. The summed E-state index contributed by atoms with van der Waals surface area (Å²) in [6.45, 7) is 3.69. The molecule has 0 fully saturated rings. The molecule has 0 saturated carbocycles. The summed E-state index contributed by atoms with van der Waals surface area (Å²) in [5.74, 6) is -0.0893. The molecule has 7 nitrogen and oxygen atoms in total. The molecule has 1 aliphatic rings. The summed E-state index contributed by atoms with van der Waals surface area (Å²) in [6.07, 6.45) is 9.29. The first kappa shape index (κ1) is 14.7. The highest BCUT2D eigenvalue weighted by atomic mass is 16.5. The van der Waals surface area contributed by atoms with E-state index in [1.807, 2.05) is 0 Å². The predicted octanol–water partition coefficient (Wildman–Crippen LogP) is 1.58. The molecule has 1 atom stereocenters. The zero-order chi connectivity index (χ0) is 15.3. The van der Waals surface area contributed by atoms with Crippen molar-refractivity contribution < 1.29 is 19.1 Å². The molecule has 110 valence electrons. The number of nitrogens with one attached hydrogen (secondary N) is 1. The monoisotopic (exact) mass is 289 g/mol. The predicted molar refractivity (Wildman–Crippen MR) is 73.5 cm³/mol. The van der Waals surface area contributed by atoms with E-state index in [1.165, 1.54) is 0 Å². The van der Waals surface area contributed by atoms with Gasteiger partial charge in [0.15, 0.2) is 0 Å². The Bertz CT molecular complexity index is 630. The highest BCUT2D eigenvalue weighted by molar-refractivity contribution is 5.89. The van der Waals surface area contributed by atoms with Crippen LogP contribution in [0.2, 0.25) is 0 Å². The average molecular weight is 289 g/mol. The molecule has 1 heterocycles. The molecule has 0 spiro atoms. The van der Waals surface area contributed by atoms with Crippen LogP contribution in [0.5, 0.6) is 5.88 Å². The van der Waals surface area contributed by atoms with E-state index in [0.29, 0.717) is 5.76 Å². The number of H-pyrrole nitrogens is 1. The number of aromatic nitrogens is 3. The molecule has 1 aromatic heterocycles. The first-order chi connectivity index (χ1) is 10.1. The van der Waals surface area contributed by atoms with E-state index < -0.39 is 11.4 Å². The van der Waals surface area contributed by atoms with Crippen LogP contribution >= 0.6 is 0 Å². The Hall–Kier alpha value is -2.70. The fraction of sp³-hybridized carbons (Fsp3) is 0.286. The lowest BCUT2D eigenvalue weighted by Gasteiger charge is -2.10. The molecule has 0 amide bonds. The van der Waals surface area contributed by atoms with Gasteiger partial charge in [-0.1, -0.05) is 23.4 Å². The van der Waals surface area contributed by atoms with Crippen molar-refractivity contribution in [2.45, 2.75) is 13.8 Å². The van der Waals surface area contributed by atoms with Crippen LogP contribution in [-0.4, -0.2) is 34.3 Å². The van der Waals surface area contributed by atoms with Gasteiger partial charge in [0, 0.05) is 0 Å². The Labute approximate surface area is 121 Å². The van der Waals surface area contributed by atoms with Crippen LogP contribution in [0.1, 0.15) is 24.3 Å². The molecule has 2 rings (SSSR count). The van der Waals surface area contributed by atoms with Gasteiger partial charge in [0.2, 0.25) is 5.69 Å². The molecule has 1 aromatic rings. The Balaban J connectivity index is 2.17. The fourth-order valence-corrected chi connectivity index (χ4v) is 1.61. The van der Waals surface area contributed by atoms with Gasteiger partial charge in [-0.2, -0.15) is 0 Å². The number of aromatic amines is 1. The van der Waals surface area contributed by atoms with Gasteiger partial charge >= 0.3 is 5.97 Å². The molecule has 7 heteroatoms. The van der Waals surface area contributed by atoms with Crippen molar-refractivity contribution in [3.8, 4) is 5.88 Å². The zero-order valence-corrected chi connectivity index (χ0v) is 11.7. The topological polar surface area (TPSA) is 94.2 Å². The maximum absolute atomic E-state index is 11.7. The second kappa shape index (κ2) is 6.17. The van der Waals surface area contributed by atoms with Crippen molar-refractivity contribution >= 4 is 12.3 Å². The second-order valence-corrected chi connectivity index (χ2v) is 4.56. The maximum Gasteiger partial charge on any atom is 0.364 e. The van der Waals surface area contributed by atoms with E-state index in [4.69, 9.17) is 9.47 Å². The van der Waals surface area contributed by atoms with Crippen LogP contribution in [0.3, 0.4) is 0 Å². The number of aldehydes is 1. The van der Waals surface area contributed by atoms with Gasteiger partial charge in [-0.05, 0) is 26.0 Å². The van der Waals surface area contributed by atoms with Crippen LogP contribution in [0.4, 0.5) is 0 Å². The molecule has 0 aromatic carbocycles. The molecule has 0 radical (unpaired) electrons. The number of nitrogens with zero attached hydrogens (tertiary/aromatic N) is 2. The van der Waals surface area contributed by atoms with E-state index >= 15 is 0 Å². The number of hydrogen-bond acceptors (Lipinski definition) is 6. The van der Waals surface area contributed by atoms with Crippen LogP contribution < -0.4 is 4.74 Å². The minimum absolute atomic E-state index is 0.0301. The van der Waals surface area contributed by atoms with Gasteiger partial charge in [0.1, 0.15) is 12.0 Å². The summed E-state index contributed by atoms with van der Waals surface area (Å²) in [7, 11) is 0. The van der Waals surface area contributed by atoms with E-state index in [-0.39, 0.29) is 18.2 Å². The van der Waals surface area contributed by atoms with Gasteiger partial charge in [0.25, 0.3) is 5.88 Å². The highest BCUT2D eigenvalue weighted by Gasteiger charge is 2.21. The molecule has 1 N–H and O–H groups in total. The normalized spacial score (nSPS) is 20.6. The smallest absolute Gasteiger partial charge is 0.364 e. The standard InChI is InChI=1S/C14H15N3O4/c1-3-20-13(19)11-12(16-17-15-11)21-10-5-4-7-14(2,9-18)8-6-10/h4-9H,3H2,1-2H3,(H,15,16,17). The quantitative estimate of drug-likeness (QED) is 0.653. The van der Waals surface area contributed by atoms with Gasteiger partial charge in [0.05, 0.1) is 12.0 Å². The summed E-state index contributed by atoms with van der Waals surface area (Å²) in [6, 6.07) is 0. The number of rotatable bonds is 5. The number of ether oxygens (including phenoxy) is 2. The molecule has 21 heavy (non-hydrogen) atoms. The Morgan fingerprint density at radius 2 is 2.29 bits per heavy atom. The number of carbonyl (C=O) groups excluding carboxylic acids is 2. The van der Waals surface area contributed by atoms with Gasteiger partial charge < -0.3 is 14.3 Å². The van der Waals surface area contributed by atoms with E-state index in [2.05, 4.69) is 15.4 Å². The van der Waals surface area contributed by atoms with Crippen LogP contribution in [-0.2, 0) is 9.53 Å². The lowest BCUT2D eigenvalue weighted by atomic mass is 9.92. The first-order valence-electron chi connectivity index (χ1n) is 6.39. The Kier molecular flexibility index (Phi) is 4.32. The molecule has 0 saturated heterocycles. The summed E-state index contributed by atoms with van der Waals surface area (Å²) in [5, 5.41) is 9.67. The van der Waals surface area contributed by atoms with Crippen LogP contribution in [0, 0.1) is 5.41 Å². The lowest BCUT2D eigenvalue weighted by Crippen LogP contribution is -2.10. The molecule has 1 unspecified atom stereocenters. The summed E-state index contributed by atoms with van der Waals surface area (Å²) in [5.41, 5.74) is -0.713. The van der Waals surface area contributed by atoms with Crippen LogP contribution in [0.25, 0.3) is 0 Å². The van der Waals surface area contributed by atoms with Crippen molar-refractivity contribution in [3.05, 3.63) is 41.8 Å². The van der Waals surface area contributed by atoms with Gasteiger partial charge in [-0.15, -0.1) is 5.10 Å². The van der Waals surface area contributed by atoms with Gasteiger partial charge in [-0.3, -0.25) is 0 Å². The highest BCUT2D eigenvalue weighted by Crippen LogP contribution is 2.23. The number of allylic oxidation sites excluding steroid dienone is 5. The number of hydrogen-bond donors (Lipinski definition) is 1. The number of carbonyl (C=O) groups is 2. The minimum atomic E-state index is -0.683. The van der Waals surface area contributed by atoms with Gasteiger partial charge in [-0.25, -0.2) is 9.89 Å². The van der Waals surface area contributed by atoms with Crippen molar-refractivity contribution in [3.63, 3.8) is 0 Å². The Morgan fingerprint density at radius 3 is 3.00 bits per heavy atom. The fourth-order valence-electron chi connectivity index (χ4n) is 1.61. The van der Waals surface area contributed by atoms with Crippen LogP contribution in [0.15, 0.2) is 36.1 Å². The second-order valence-electron chi connectivity index (χ2n) is 4.56. The SMILES string of the molecule is CCOC(=O)c1nn[nH]c1OC1=CC=CC(C)(C=O)C=C1. The van der Waals surface area contributed by atoms with E-state index in [9.17, 15) is 9.59 Å². The average Bonchev–Trinajstić information content (AvgIpc) is 2.84. The maximum atomic E-state index is 11.7. The minimum Gasteiger partial charge on any atom is -0.461 e. The third kappa shape index (κ3) is 3.44. The van der Waals surface area contributed by atoms with Crippen molar-refractivity contribution in [1.82, 2.24) is 15.4 Å². The first-order valence-corrected chi connectivity index (χ1v) is 6.39. The molecule has 0 aliphatic heterocycles. The molecular formula is C14H15N3O4. The number of esters is 1. The molecule has 1 aliphatic carbocycles. The van der Waals surface area contributed by atoms with Crippen molar-refractivity contribution in [2.75, 3.05) is 6.61 Å². The van der Waals surface area contributed by atoms with E-state index in [1.54, 1.807) is 44.2 Å². The summed E-state index contributed by atoms with van der Waals surface area (Å²) >= 11 is 0. The molecular weight excluding hydrogens is 274 g/mol. The van der Waals surface area contributed by atoms with Crippen molar-refractivity contribution in [2.24, 2.45) is 5.41 Å². The molecule has 0 bridgehead atoms. The van der Waals surface area contributed by atoms with E-state index in [0.717, 1.165) is 6.29 Å². The summed E-state index contributed by atoms with van der Waals surface area (Å²) in [4.78, 5) is 22.7.